The van der Waals surface area contributed by atoms with Gasteiger partial charge in [-0.3, -0.25) is 0 Å². The molecule has 1 rings (SSSR count). The quantitative estimate of drug-likeness (QED) is 0.734. The third-order valence-electron chi connectivity index (χ3n) is 1.81. The molecule has 0 spiro atoms. The van der Waals surface area contributed by atoms with Gasteiger partial charge < -0.3 is 10.2 Å². The predicted molar refractivity (Wildman–Crippen MR) is 44.2 cm³/mol. The van der Waals surface area contributed by atoms with E-state index in [0.717, 1.165) is 6.92 Å². The van der Waals surface area contributed by atoms with Crippen molar-refractivity contribution in [1.82, 2.24) is 0 Å². The van der Waals surface area contributed by atoms with Crippen molar-refractivity contribution >= 4 is 5.97 Å². The number of phenols is 1. The molecule has 13 heavy (non-hydrogen) atoms. The monoisotopic (exact) mass is 184 g/mol. The molecule has 1 aromatic rings. The Bertz CT molecular complexity index is 316. The maximum absolute atomic E-state index is 13.4. The van der Waals surface area contributed by atoms with E-state index in [0.29, 0.717) is 0 Å². The lowest BCUT2D eigenvalue weighted by Gasteiger charge is -2.14. The zero-order valence-corrected chi connectivity index (χ0v) is 6.99. The van der Waals surface area contributed by atoms with E-state index >= 15 is 0 Å². The molecule has 0 fully saturated rings. The summed E-state index contributed by atoms with van der Waals surface area (Å²) in [5.41, 5.74) is -2.40. The SMILES string of the molecule is CC(F)(C(=O)O)c1ccc(O)cc1. The lowest BCUT2D eigenvalue weighted by molar-refractivity contribution is -0.150. The molecule has 3 nitrogen and oxygen atoms in total. The molecule has 0 saturated carbocycles. The first-order chi connectivity index (χ1) is 5.94. The van der Waals surface area contributed by atoms with Crippen molar-refractivity contribution in [3.63, 3.8) is 0 Å². The second-order valence-electron chi connectivity index (χ2n) is 2.85. The molecule has 1 atom stereocenters. The zero-order valence-electron chi connectivity index (χ0n) is 6.99. The lowest BCUT2D eigenvalue weighted by Crippen LogP contribution is -2.26. The molecular formula is C9H9FO3. The van der Waals surface area contributed by atoms with Crippen LogP contribution in [-0.4, -0.2) is 16.2 Å². The van der Waals surface area contributed by atoms with Crippen molar-refractivity contribution in [3.8, 4) is 5.75 Å². The summed E-state index contributed by atoms with van der Waals surface area (Å²) < 4.78 is 13.4. The van der Waals surface area contributed by atoms with Crippen LogP contribution in [0, 0.1) is 0 Å². The molecule has 0 radical (unpaired) electrons. The van der Waals surface area contributed by atoms with E-state index in [1.54, 1.807) is 0 Å². The van der Waals surface area contributed by atoms with E-state index in [2.05, 4.69) is 0 Å². The summed E-state index contributed by atoms with van der Waals surface area (Å²) in [6, 6.07) is 4.97. The summed E-state index contributed by atoms with van der Waals surface area (Å²) >= 11 is 0. The van der Waals surface area contributed by atoms with E-state index in [1.807, 2.05) is 0 Å². The molecule has 2 N–H and O–H groups in total. The van der Waals surface area contributed by atoms with Crippen LogP contribution in [0.1, 0.15) is 12.5 Å². The number of rotatable bonds is 2. The first kappa shape index (κ1) is 9.51. The zero-order chi connectivity index (χ0) is 10.1. The van der Waals surface area contributed by atoms with Crippen LogP contribution >= 0.6 is 0 Å². The van der Waals surface area contributed by atoms with Crippen LogP contribution in [0.4, 0.5) is 4.39 Å². The van der Waals surface area contributed by atoms with Crippen molar-refractivity contribution < 1.29 is 19.4 Å². The Morgan fingerprint density at radius 1 is 1.38 bits per heavy atom. The highest BCUT2D eigenvalue weighted by Crippen LogP contribution is 2.26. The Balaban J connectivity index is 3.08. The standard InChI is InChI=1S/C9H9FO3/c1-9(10,8(12)13)6-2-4-7(11)5-3-6/h2-5,11H,1H3,(H,12,13). The minimum Gasteiger partial charge on any atom is -0.508 e. The normalized spacial score (nSPS) is 14.9. The minimum atomic E-state index is -2.41. The molecule has 0 bridgehead atoms. The molecule has 1 unspecified atom stereocenters. The van der Waals surface area contributed by atoms with Gasteiger partial charge in [0.05, 0.1) is 0 Å². The number of carbonyl (C=O) groups is 1. The average molecular weight is 184 g/mol. The van der Waals surface area contributed by atoms with Gasteiger partial charge in [-0.1, -0.05) is 12.1 Å². The van der Waals surface area contributed by atoms with Crippen LogP contribution in [0.5, 0.6) is 5.75 Å². The van der Waals surface area contributed by atoms with Crippen LogP contribution in [0.25, 0.3) is 0 Å². The predicted octanol–water partition coefficient (Wildman–Crippen LogP) is 1.66. The molecule has 0 aliphatic rings. The summed E-state index contributed by atoms with van der Waals surface area (Å²) in [5, 5.41) is 17.4. The van der Waals surface area contributed by atoms with Crippen LogP contribution in [0.15, 0.2) is 24.3 Å². The molecule has 0 saturated heterocycles. The highest BCUT2D eigenvalue weighted by molar-refractivity contribution is 5.78. The number of hydrogen-bond donors (Lipinski definition) is 2. The van der Waals surface area contributed by atoms with Crippen molar-refractivity contribution in [2.45, 2.75) is 12.6 Å². The fraction of sp³-hybridized carbons (Fsp3) is 0.222. The van der Waals surface area contributed by atoms with Crippen molar-refractivity contribution in [2.24, 2.45) is 0 Å². The first-order valence-electron chi connectivity index (χ1n) is 3.66. The summed E-state index contributed by atoms with van der Waals surface area (Å²) in [4.78, 5) is 10.5. The molecule has 0 aliphatic heterocycles. The number of alkyl halides is 1. The summed E-state index contributed by atoms with van der Waals surface area (Å²) in [6.07, 6.45) is 0. The van der Waals surface area contributed by atoms with E-state index < -0.39 is 11.6 Å². The number of hydrogen-bond acceptors (Lipinski definition) is 2. The van der Waals surface area contributed by atoms with Gasteiger partial charge in [0.2, 0.25) is 5.67 Å². The Morgan fingerprint density at radius 3 is 2.23 bits per heavy atom. The third kappa shape index (κ3) is 1.77. The summed E-state index contributed by atoms with van der Waals surface area (Å²) in [7, 11) is 0. The Morgan fingerprint density at radius 2 is 1.85 bits per heavy atom. The molecule has 0 amide bonds. The topological polar surface area (TPSA) is 57.5 Å². The second kappa shape index (κ2) is 3.05. The van der Waals surface area contributed by atoms with Crippen LogP contribution in [-0.2, 0) is 10.5 Å². The Labute approximate surface area is 74.4 Å². The van der Waals surface area contributed by atoms with E-state index in [4.69, 9.17) is 10.2 Å². The van der Waals surface area contributed by atoms with Crippen LogP contribution < -0.4 is 0 Å². The van der Waals surface area contributed by atoms with Crippen molar-refractivity contribution in [3.05, 3.63) is 29.8 Å². The van der Waals surface area contributed by atoms with E-state index in [9.17, 15) is 9.18 Å². The Hall–Kier alpha value is -1.58. The number of carboxylic acids is 1. The Kier molecular flexibility index (Phi) is 2.23. The van der Waals surface area contributed by atoms with Gasteiger partial charge in [0.1, 0.15) is 5.75 Å². The van der Waals surface area contributed by atoms with E-state index in [-0.39, 0.29) is 11.3 Å². The highest BCUT2D eigenvalue weighted by Gasteiger charge is 2.34. The number of aromatic hydroxyl groups is 1. The minimum absolute atomic E-state index is 0.0119. The van der Waals surface area contributed by atoms with Crippen LogP contribution in [0.2, 0.25) is 0 Å². The van der Waals surface area contributed by atoms with Gasteiger partial charge in [0.15, 0.2) is 0 Å². The van der Waals surface area contributed by atoms with Gasteiger partial charge in [0, 0.05) is 5.56 Å². The largest absolute Gasteiger partial charge is 0.508 e. The molecule has 0 aliphatic carbocycles. The van der Waals surface area contributed by atoms with Crippen LogP contribution in [0.3, 0.4) is 0 Å². The lowest BCUT2D eigenvalue weighted by atomic mass is 9.98. The summed E-state index contributed by atoms with van der Waals surface area (Å²) in [6.45, 7) is 0.960. The first-order valence-corrected chi connectivity index (χ1v) is 3.66. The van der Waals surface area contributed by atoms with Crippen molar-refractivity contribution in [1.29, 1.82) is 0 Å². The third-order valence-corrected chi connectivity index (χ3v) is 1.81. The number of carboxylic acid groups (broad SMARTS) is 1. The summed E-state index contributed by atoms with van der Waals surface area (Å²) in [5.74, 6) is -1.57. The molecule has 1 aromatic carbocycles. The van der Waals surface area contributed by atoms with Crippen molar-refractivity contribution in [2.75, 3.05) is 0 Å². The molecule has 70 valence electrons. The average Bonchev–Trinajstić information content (AvgIpc) is 2.04. The number of halogens is 1. The molecule has 0 heterocycles. The molecular weight excluding hydrogens is 175 g/mol. The number of aliphatic carboxylic acids is 1. The number of benzene rings is 1. The van der Waals surface area contributed by atoms with Gasteiger partial charge in [-0.05, 0) is 19.1 Å². The maximum atomic E-state index is 13.4. The number of phenolic OH excluding ortho intramolecular Hbond substituents is 1. The maximum Gasteiger partial charge on any atom is 0.345 e. The van der Waals surface area contributed by atoms with Gasteiger partial charge in [-0.2, -0.15) is 0 Å². The van der Waals surface area contributed by atoms with Gasteiger partial charge in [0.25, 0.3) is 0 Å². The highest BCUT2D eigenvalue weighted by atomic mass is 19.1. The fourth-order valence-corrected chi connectivity index (χ4v) is 0.898. The van der Waals surface area contributed by atoms with Gasteiger partial charge >= 0.3 is 5.97 Å². The molecule has 0 aromatic heterocycles. The molecule has 4 heteroatoms. The second-order valence-corrected chi connectivity index (χ2v) is 2.85. The van der Waals surface area contributed by atoms with E-state index in [1.165, 1.54) is 24.3 Å². The fourth-order valence-electron chi connectivity index (χ4n) is 0.898. The van der Waals surface area contributed by atoms with Gasteiger partial charge in [-0.25, -0.2) is 9.18 Å². The smallest absolute Gasteiger partial charge is 0.345 e. The van der Waals surface area contributed by atoms with Gasteiger partial charge in [-0.15, -0.1) is 0 Å².